The van der Waals surface area contributed by atoms with Gasteiger partial charge in [0.25, 0.3) is 0 Å². The van der Waals surface area contributed by atoms with Crippen LogP contribution in [0, 0.1) is 0 Å². The van der Waals surface area contributed by atoms with Crippen molar-refractivity contribution < 1.29 is 4.42 Å². The number of hydrogen-bond acceptors (Lipinski definition) is 2. The van der Waals surface area contributed by atoms with Gasteiger partial charge in [0, 0.05) is 33.4 Å². The fourth-order valence-electron chi connectivity index (χ4n) is 8.37. The molecule has 56 heavy (non-hydrogen) atoms. The fraction of sp³-hybridized carbons (Fsp3) is 0. The molecule has 10 aromatic carbocycles. The number of nitrogens with zero attached hydrogens (tertiary/aromatic N) is 1. The van der Waals surface area contributed by atoms with E-state index in [4.69, 9.17) is 4.42 Å². The Morgan fingerprint density at radius 3 is 1.54 bits per heavy atom. The second-order valence-electron chi connectivity index (χ2n) is 14.5. The van der Waals surface area contributed by atoms with Crippen molar-refractivity contribution in [1.82, 2.24) is 0 Å². The Morgan fingerprint density at radius 2 is 0.786 bits per heavy atom. The number of benzene rings is 10. The van der Waals surface area contributed by atoms with Gasteiger partial charge in [0.1, 0.15) is 11.2 Å². The minimum Gasteiger partial charge on any atom is -0.455 e. The van der Waals surface area contributed by atoms with Crippen LogP contribution in [0.3, 0.4) is 0 Å². The largest absolute Gasteiger partial charge is 0.455 e. The smallest absolute Gasteiger partial charge is 0.143 e. The van der Waals surface area contributed by atoms with Gasteiger partial charge in [-0.05, 0) is 109 Å². The van der Waals surface area contributed by atoms with Crippen LogP contribution >= 0.6 is 0 Å². The van der Waals surface area contributed by atoms with E-state index in [1.165, 1.54) is 54.6 Å². The highest BCUT2D eigenvalue weighted by molar-refractivity contribution is 6.10. The van der Waals surface area contributed by atoms with Gasteiger partial charge in [-0.3, -0.25) is 0 Å². The molecule has 0 saturated carbocycles. The zero-order valence-corrected chi connectivity index (χ0v) is 30.6. The lowest BCUT2D eigenvalue weighted by Crippen LogP contribution is -2.09. The minimum absolute atomic E-state index is 0.908. The molecule has 0 aliphatic carbocycles. The van der Waals surface area contributed by atoms with E-state index in [0.717, 1.165) is 50.1 Å². The average molecular weight is 714 g/mol. The molecule has 0 atom stereocenters. The Kier molecular flexibility index (Phi) is 7.53. The molecule has 0 saturated heterocycles. The highest BCUT2D eigenvalue weighted by atomic mass is 16.3. The average Bonchev–Trinajstić information content (AvgIpc) is 3.66. The summed E-state index contributed by atoms with van der Waals surface area (Å²) in [6.07, 6.45) is 0. The molecule has 1 aromatic heterocycles. The van der Waals surface area contributed by atoms with E-state index in [9.17, 15) is 0 Å². The van der Waals surface area contributed by atoms with Crippen LogP contribution in [0.5, 0.6) is 0 Å². The maximum absolute atomic E-state index is 6.41. The van der Waals surface area contributed by atoms with Crippen LogP contribution in [0.25, 0.3) is 87.6 Å². The second kappa shape index (κ2) is 13.2. The molecule has 2 nitrogen and oxygen atoms in total. The summed E-state index contributed by atoms with van der Waals surface area (Å²) in [6, 6.07) is 76.5. The summed E-state index contributed by atoms with van der Waals surface area (Å²) in [7, 11) is 0. The molecule has 0 aliphatic heterocycles. The summed E-state index contributed by atoms with van der Waals surface area (Å²) in [5, 5.41) is 9.75. The van der Waals surface area contributed by atoms with Gasteiger partial charge in [-0.2, -0.15) is 0 Å². The standard InChI is InChI=1S/C54H35NO/c1-2-10-43-34-44(23-20-36(43)8-1)39-18-16-37(17-19-39)38-24-29-45(30-25-38)55(47-33-28-42-22-21-40-9-3-4-11-48(40)52(42)35-47)46-31-26-41(27-32-46)49-13-7-14-51-50-12-5-6-15-53(50)56-54(49)51/h1-35H. The van der Waals surface area contributed by atoms with Gasteiger partial charge in [-0.15, -0.1) is 0 Å². The third-order valence-corrected chi connectivity index (χ3v) is 11.3. The first-order chi connectivity index (χ1) is 27.7. The number of furan rings is 1. The topological polar surface area (TPSA) is 16.4 Å². The SMILES string of the molecule is c1ccc2cc(-c3ccc(-c4ccc(N(c5ccc(-c6cccc7c6oc6ccccc67)cc5)c5ccc6ccc7ccccc7c6c5)cc4)cc3)ccc2c1. The summed E-state index contributed by atoms with van der Waals surface area (Å²) < 4.78 is 6.41. The van der Waals surface area contributed by atoms with Crippen LogP contribution < -0.4 is 4.90 Å². The summed E-state index contributed by atoms with van der Waals surface area (Å²) >= 11 is 0. The number of anilines is 3. The second-order valence-corrected chi connectivity index (χ2v) is 14.5. The maximum Gasteiger partial charge on any atom is 0.143 e. The quantitative estimate of drug-likeness (QED) is 0.160. The van der Waals surface area contributed by atoms with Crippen molar-refractivity contribution in [2.24, 2.45) is 0 Å². The van der Waals surface area contributed by atoms with Crippen LogP contribution in [-0.4, -0.2) is 0 Å². The van der Waals surface area contributed by atoms with Crippen LogP contribution in [0.15, 0.2) is 217 Å². The predicted molar refractivity (Wildman–Crippen MR) is 237 cm³/mol. The van der Waals surface area contributed by atoms with E-state index < -0.39 is 0 Å². The van der Waals surface area contributed by atoms with Gasteiger partial charge in [0.05, 0.1) is 0 Å². The van der Waals surface area contributed by atoms with E-state index in [0.29, 0.717) is 0 Å². The number of para-hydroxylation sites is 2. The first-order valence-electron chi connectivity index (χ1n) is 19.2. The van der Waals surface area contributed by atoms with Gasteiger partial charge in [0.15, 0.2) is 0 Å². The van der Waals surface area contributed by atoms with Crippen molar-refractivity contribution in [3.63, 3.8) is 0 Å². The van der Waals surface area contributed by atoms with Gasteiger partial charge in [-0.1, -0.05) is 164 Å². The predicted octanol–water partition coefficient (Wildman–Crippen LogP) is 15.5. The molecule has 0 N–H and O–H groups in total. The minimum atomic E-state index is 0.908. The van der Waals surface area contributed by atoms with Crippen molar-refractivity contribution >= 4 is 71.3 Å². The molecule has 0 bridgehead atoms. The molecule has 11 rings (SSSR count). The van der Waals surface area contributed by atoms with Gasteiger partial charge in [0.2, 0.25) is 0 Å². The van der Waals surface area contributed by atoms with E-state index in [2.05, 4.69) is 205 Å². The fourth-order valence-corrected chi connectivity index (χ4v) is 8.37. The van der Waals surface area contributed by atoms with Gasteiger partial charge in [-0.25, -0.2) is 0 Å². The third kappa shape index (κ3) is 5.51. The molecule has 0 fully saturated rings. The first kappa shape index (κ1) is 32.0. The summed E-state index contributed by atoms with van der Waals surface area (Å²) in [5.41, 5.74) is 12.1. The normalized spacial score (nSPS) is 11.6. The zero-order valence-electron chi connectivity index (χ0n) is 30.6. The summed E-state index contributed by atoms with van der Waals surface area (Å²) in [6.45, 7) is 0. The molecule has 262 valence electrons. The number of hydrogen-bond donors (Lipinski definition) is 0. The van der Waals surface area contributed by atoms with Crippen molar-refractivity contribution in [3.8, 4) is 33.4 Å². The first-order valence-corrected chi connectivity index (χ1v) is 19.2. The van der Waals surface area contributed by atoms with Crippen LogP contribution in [0.1, 0.15) is 0 Å². The summed E-state index contributed by atoms with van der Waals surface area (Å²) in [4.78, 5) is 2.36. The molecule has 2 heteroatoms. The van der Waals surface area contributed by atoms with E-state index in [1.54, 1.807) is 0 Å². The van der Waals surface area contributed by atoms with Crippen molar-refractivity contribution in [2.75, 3.05) is 4.90 Å². The molecule has 0 amide bonds. The molecule has 11 aromatic rings. The molecule has 0 spiro atoms. The van der Waals surface area contributed by atoms with Crippen molar-refractivity contribution in [1.29, 1.82) is 0 Å². The molecular weight excluding hydrogens is 679 g/mol. The Balaban J connectivity index is 0.978. The van der Waals surface area contributed by atoms with Crippen LogP contribution in [-0.2, 0) is 0 Å². The van der Waals surface area contributed by atoms with Crippen LogP contribution in [0.4, 0.5) is 17.1 Å². The third-order valence-electron chi connectivity index (χ3n) is 11.3. The molecule has 1 heterocycles. The lowest BCUT2D eigenvalue weighted by molar-refractivity contribution is 0.670. The highest BCUT2D eigenvalue weighted by Crippen LogP contribution is 2.41. The van der Waals surface area contributed by atoms with E-state index in [1.807, 2.05) is 12.1 Å². The Hall–Kier alpha value is -7.42. The molecular formula is C54H35NO. The van der Waals surface area contributed by atoms with Gasteiger partial charge >= 0.3 is 0 Å². The van der Waals surface area contributed by atoms with Gasteiger partial charge < -0.3 is 9.32 Å². The Morgan fingerprint density at radius 1 is 0.286 bits per heavy atom. The zero-order chi connectivity index (χ0) is 37.0. The number of fused-ring (bicyclic) bond motifs is 7. The lowest BCUT2D eigenvalue weighted by Gasteiger charge is -2.26. The Labute approximate surface area is 325 Å². The Bertz CT molecular complexity index is 3230. The molecule has 0 radical (unpaired) electrons. The molecule has 0 aliphatic rings. The van der Waals surface area contributed by atoms with E-state index >= 15 is 0 Å². The molecule has 0 unspecified atom stereocenters. The van der Waals surface area contributed by atoms with Crippen molar-refractivity contribution in [2.45, 2.75) is 0 Å². The maximum atomic E-state index is 6.41. The van der Waals surface area contributed by atoms with Crippen molar-refractivity contribution in [3.05, 3.63) is 212 Å². The van der Waals surface area contributed by atoms with Crippen LogP contribution in [0.2, 0.25) is 0 Å². The van der Waals surface area contributed by atoms with E-state index in [-0.39, 0.29) is 0 Å². The lowest BCUT2D eigenvalue weighted by atomic mass is 9.98. The number of rotatable bonds is 6. The summed E-state index contributed by atoms with van der Waals surface area (Å²) in [5.74, 6) is 0. The monoisotopic (exact) mass is 713 g/mol. The highest BCUT2D eigenvalue weighted by Gasteiger charge is 2.17.